The van der Waals surface area contributed by atoms with E-state index in [2.05, 4.69) is 22.4 Å². The Morgan fingerprint density at radius 1 is 1.12 bits per heavy atom. The minimum absolute atomic E-state index is 0.0538. The van der Waals surface area contributed by atoms with Crippen molar-refractivity contribution in [2.45, 2.75) is 19.2 Å². The van der Waals surface area contributed by atoms with Crippen LogP contribution in [0, 0.1) is 6.92 Å². The molecule has 0 atom stereocenters. The zero-order valence-electron chi connectivity index (χ0n) is 14.2. The molecule has 4 nitrogen and oxygen atoms in total. The van der Waals surface area contributed by atoms with E-state index in [4.69, 9.17) is 0 Å². The van der Waals surface area contributed by atoms with Crippen LogP contribution in [-0.4, -0.2) is 21.2 Å². The van der Waals surface area contributed by atoms with Crippen LogP contribution < -0.4 is 5.32 Å². The summed E-state index contributed by atoms with van der Waals surface area (Å²) in [4.78, 5) is 16.4. The molecule has 1 amide bonds. The number of hydrogen-bond donors (Lipinski definition) is 1. The van der Waals surface area contributed by atoms with Crippen LogP contribution >= 0.6 is 11.8 Å². The quantitative estimate of drug-likeness (QED) is 0.705. The predicted molar refractivity (Wildman–Crippen MR) is 103 cm³/mol. The summed E-state index contributed by atoms with van der Waals surface area (Å²) >= 11 is 1.63. The monoisotopic (exact) mass is 351 g/mol. The number of amides is 1. The van der Waals surface area contributed by atoms with E-state index in [0.29, 0.717) is 12.3 Å². The van der Waals surface area contributed by atoms with Gasteiger partial charge in [-0.2, -0.15) is 0 Å². The van der Waals surface area contributed by atoms with Gasteiger partial charge in [0.05, 0.1) is 11.4 Å². The van der Waals surface area contributed by atoms with Crippen LogP contribution in [0.25, 0.3) is 5.69 Å². The SMILES string of the molecule is Cc1nccn1-c1ccccc1CNC(=O)CSCc1ccccc1. The second kappa shape index (κ2) is 8.53. The molecule has 0 aliphatic carbocycles. The molecule has 2 aromatic carbocycles. The number of carbonyl (C=O) groups is 1. The molecule has 5 heteroatoms. The van der Waals surface area contributed by atoms with Crippen molar-refractivity contribution in [3.05, 3.63) is 83.9 Å². The summed E-state index contributed by atoms with van der Waals surface area (Å²) in [5.41, 5.74) is 3.36. The third kappa shape index (κ3) is 4.73. The molecule has 0 fully saturated rings. The van der Waals surface area contributed by atoms with Gasteiger partial charge >= 0.3 is 0 Å². The Bertz CT molecular complexity index is 830. The smallest absolute Gasteiger partial charge is 0.230 e. The lowest BCUT2D eigenvalue weighted by Gasteiger charge is -2.12. The van der Waals surface area contributed by atoms with Crippen molar-refractivity contribution >= 4 is 17.7 Å². The van der Waals surface area contributed by atoms with Gasteiger partial charge in [-0.15, -0.1) is 11.8 Å². The highest BCUT2D eigenvalue weighted by atomic mass is 32.2. The fourth-order valence-corrected chi connectivity index (χ4v) is 3.43. The number of nitrogens with zero attached hydrogens (tertiary/aromatic N) is 2. The molecule has 3 rings (SSSR count). The van der Waals surface area contributed by atoms with Gasteiger partial charge in [-0.25, -0.2) is 4.98 Å². The average Bonchev–Trinajstić information content (AvgIpc) is 3.07. The summed E-state index contributed by atoms with van der Waals surface area (Å²) in [7, 11) is 0. The lowest BCUT2D eigenvalue weighted by Crippen LogP contribution is -2.25. The number of nitrogens with one attached hydrogen (secondary N) is 1. The molecule has 0 saturated heterocycles. The van der Waals surface area contributed by atoms with E-state index in [1.807, 2.05) is 60.2 Å². The Labute approximate surface area is 152 Å². The van der Waals surface area contributed by atoms with Crippen LogP contribution in [0.1, 0.15) is 17.0 Å². The van der Waals surface area contributed by atoms with Crippen molar-refractivity contribution in [1.29, 1.82) is 0 Å². The highest BCUT2D eigenvalue weighted by Gasteiger charge is 2.08. The van der Waals surface area contributed by atoms with E-state index < -0.39 is 0 Å². The molecule has 3 aromatic rings. The van der Waals surface area contributed by atoms with Crippen LogP contribution in [0.15, 0.2) is 67.0 Å². The predicted octanol–water partition coefficient (Wildman–Crippen LogP) is 3.73. The van der Waals surface area contributed by atoms with E-state index in [0.717, 1.165) is 22.8 Å². The number of benzene rings is 2. The first-order chi connectivity index (χ1) is 12.2. The summed E-state index contributed by atoms with van der Waals surface area (Å²) < 4.78 is 2.03. The fraction of sp³-hybridized carbons (Fsp3) is 0.200. The Morgan fingerprint density at radius 3 is 2.64 bits per heavy atom. The summed E-state index contributed by atoms with van der Waals surface area (Å²) in [5.74, 6) is 2.29. The van der Waals surface area contributed by atoms with Gasteiger partial charge in [0.25, 0.3) is 0 Å². The first-order valence-corrected chi connectivity index (χ1v) is 9.36. The lowest BCUT2D eigenvalue weighted by molar-refractivity contribution is -0.118. The van der Waals surface area contributed by atoms with Crippen LogP contribution in [0.4, 0.5) is 0 Å². The van der Waals surface area contributed by atoms with Crippen LogP contribution in [0.5, 0.6) is 0 Å². The molecule has 0 spiro atoms. The van der Waals surface area contributed by atoms with Crippen molar-refractivity contribution in [3.63, 3.8) is 0 Å². The molecule has 1 N–H and O–H groups in total. The number of rotatable bonds is 7. The number of carbonyl (C=O) groups excluding carboxylic acids is 1. The normalized spacial score (nSPS) is 10.6. The van der Waals surface area contributed by atoms with Gasteiger partial charge in [-0.3, -0.25) is 4.79 Å². The third-order valence-corrected chi connectivity index (χ3v) is 4.90. The summed E-state index contributed by atoms with van der Waals surface area (Å²) in [6.45, 7) is 2.48. The molecule has 25 heavy (non-hydrogen) atoms. The molecule has 1 aromatic heterocycles. The summed E-state index contributed by atoms with van der Waals surface area (Å²) in [5, 5.41) is 3.01. The highest BCUT2D eigenvalue weighted by Crippen LogP contribution is 2.16. The number of imidazole rings is 1. The largest absolute Gasteiger partial charge is 0.351 e. The zero-order chi connectivity index (χ0) is 17.5. The molecule has 0 saturated carbocycles. The first kappa shape index (κ1) is 17.3. The van der Waals surface area contributed by atoms with Gasteiger partial charge < -0.3 is 9.88 Å². The second-order valence-electron chi connectivity index (χ2n) is 5.73. The Morgan fingerprint density at radius 2 is 1.88 bits per heavy atom. The van der Waals surface area contributed by atoms with Crippen LogP contribution in [0.3, 0.4) is 0 Å². The molecule has 1 heterocycles. The maximum atomic E-state index is 12.1. The topological polar surface area (TPSA) is 46.9 Å². The summed E-state index contributed by atoms with van der Waals surface area (Å²) in [6.07, 6.45) is 3.72. The number of thioether (sulfide) groups is 1. The van der Waals surface area contributed by atoms with Crippen LogP contribution in [0.2, 0.25) is 0 Å². The summed E-state index contributed by atoms with van der Waals surface area (Å²) in [6, 6.07) is 18.3. The van der Waals surface area contributed by atoms with Crippen LogP contribution in [-0.2, 0) is 17.1 Å². The van der Waals surface area contributed by atoms with Crippen molar-refractivity contribution in [1.82, 2.24) is 14.9 Å². The molecule has 0 aliphatic rings. The van der Waals surface area contributed by atoms with E-state index >= 15 is 0 Å². The number of aromatic nitrogens is 2. The van der Waals surface area contributed by atoms with Crippen molar-refractivity contribution in [2.24, 2.45) is 0 Å². The van der Waals surface area contributed by atoms with Crippen molar-refractivity contribution < 1.29 is 4.79 Å². The molecule has 128 valence electrons. The van der Waals surface area contributed by atoms with Gasteiger partial charge in [0.2, 0.25) is 5.91 Å². The lowest BCUT2D eigenvalue weighted by atomic mass is 10.1. The maximum Gasteiger partial charge on any atom is 0.230 e. The minimum atomic E-state index is 0.0538. The number of hydrogen-bond acceptors (Lipinski definition) is 3. The number of aryl methyl sites for hydroxylation is 1. The van der Waals surface area contributed by atoms with Crippen molar-refractivity contribution in [2.75, 3.05) is 5.75 Å². The highest BCUT2D eigenvalue weighted by molar-refractivity contribution is 7.99. The fourth-order valence-electron chi connectivity index (χ4n) is 2.61. The van der Waals surface area contributed by atoms with E-state index in [-0.39, 0.29) is 5.91 Å². The Kier molecular flexibility index (Phi) is 5.90. The maximum absolute atomic E-state index is 12.1. The average molecular weight is 351 g/mol. The molecule has 0 radical (unpaired) electrons. The standard InChI is InChI=1S/C20H21N3OS/c1-16-21-11-12-23(16)19-10-6-5-9-18(19)13-22-20(24)15-25-14-17-7-3-2-4-8-17/h2-12H,13-15H2,1H3,(H,22,24). The number of para-hydroxylation sites is 1. The molecular weight excluding hydrogens is 330 g/mol. The Balaban J connectivity index is 1.53. The third-order valence-electron chi connectivity index (χ3n) is 3.90. The minimum Gasteiger partial charge on any atom is -0.351 e. The second-order valence-corrected chi connectivity index (χ2v) is 6.71. The van der Waals surface area contributed by atoms with E-state index in [9.17, 15) is 4.79 Å². The van der Waals surface area contributed by atoms with Crippen molar-refractivity contribution in [3.8, 4) is 5.69 Å². The zero-order valence-corrected chi connectivity index (χ0v) is 15.0. The Hall–Kier alpha value is -2.53. The molecule has 0 unspecified atom stereocenters. The van der Waals surface area contributed by atoms with Gasteiger partial charge in [0, 0.05) is 24.7 Å². The van der Waals surface area contributed by atoms with E-state index in [1.165, 1.54) is 5.56 Å². The van der Waals surface area contributed by atoms with Gasteiger partial charge in [0.1, 0.15) is 5.82 Å². The molecule has 0 aliphatic heterocycles. The molecule has 0 bridgehead atoms. The molecular formula is C20H21N3OS. The van der Waals surface area contributed by atoms with E-state index in [1.54, 1.807) is 18.0 Å². The van der Waals surface area contributed by atoms with Gasteiger partial charge in [-0.1, -0.05) is 48.5 Å². The van der Waals surface area contributed by atoms with Gasteiger partial charge in [-0.05, 0) is 24.1 Å². The first-order valence-electron chi connectivity index (χ1n) is 8.20. The van der Waals surface area contributed by atoms with Gasteiger partial charge in [0.15, 0.2) is 0 Å².